The fourth-order valence-corrected chi connectivity index (χ4v) is 1.19. The fourth-order valence-electron chi connectivity index (χ4n) is 1.19. The molecule has 0 aliphatic carbocycles. The second-order valence-electron chi connectivity index (χ2n) is 3.94. The summed E-state index contributed by atoms with van der Waals surface area (Å²) in [6.07, 6.45) is 1.63. The predicted molar refractivity (Wildman–Crippen MR) is 61.2 cm³/mol. The van der Waals surface area contributed by atoms with E-state index in [0.29, 0.717) is 11.3 Å². The molecule has 0 aromatic carbocycles. The molecule has 1 N–H and O–H groups in total. The van der Waals surface area contributed by atoms with E-state index in [9.17, 15) is 9.59 Å². The first kappa shape index (κ1) is 12.4. The first-order valence-corrected chi connectivity index (χ1v) is 5.25. The normalized spacial score (nSPS) is 10.2. The third-order valence-corrected chi connectivity index (χ3v) is 2.32. The third kappa shape index (κ3) is 3.15. The Hall–Kier alpha value is -1.71. The van der Waals surface area contributed by atoms with Crippen LogP contribution in [0.1, 0.15) is 29.9 Å². The molecule has 0 saturated carbocycles. The quantitative estimate of drug-likeness (QED) is 0.833. The number of aryl methyl sites for hydroxylation is 1. The number of nitrogens with one attached hydrogen (secondary N) is 1. The molecule has 1 heterocycles. The number of pyridine rings is 1. The number of carbonyl (C=O) groups excluding carboxylic acids is 2. The van der Waals surface area contributed by atoms with Crippen LogP contribution < -0.4 is 5.32 Å². The molecule has 0 fully saturated rings. The summed E-state index contributed by atoms with van der Waals surface area (Å²) in [5.74, 6) is -0.287. The average Bonchev–Trinajstić information content (AvgIpc) is 2.25. The monoisotopic (exact) mass is 220 g/mol. The Kier molecular flexibility index (Phi) is 4.17. The van der Waals surface area contributed by atoms with E-state index in [0.717, 1.165) is 0 Å². The first-order chi connectivity index (χ1) is 7.52. The van der Waals surface area contributed by atoms with Gasteiger partial charge in [0.25, 0.3) is 5.91 Å². The molecule has 4 heteroatoms. The van der Waals surface area contributed by atoms with Gasteiger partial charge >= 0.3 is 0 Å². The molecule has 4 nitrogen and oxygen atoms in total. The second-order valence-corrected chi connectivity index (χ2v) is 3.94. The summed E-state index contributed by atoms with van der Waals surface area (Å²) in [7, 11) is 0. The minimum absolute atomic E-state index is 0.0230. The highest BCUT2D eigenvalue weighted by molar-refractivity contribution is 5.97. The Morgan fingerprint density at radius 2 is 2.12 bits per heavy atom. The Labute approximate surface area is 95.1 Å². The van der Waals surface area contributed by atoms with Gasteiger partial charge in [-0.25, -0.2) is 0 Å². The van der Waals surface area contributed by atoms with E-state index in [1.54, 1.807) is 25.3 Å². The highest BCUT2D eigenvalue weighted by Crippen LogP contribution is 2.03. The Morgan fingerprint density at radius 3 is 2.69 bits per heavy atom. The van der Waals surface area contributed by atoms with Gasteiger partial charge in [0.15, 0.2) is 5.78 Å². The Bertz CT molecular complexity index is 400. The molecule has 0 saturated heterocycles. The smallest absolute Gasteiger partial charge is 0.253 e. The second kappa shape index (κ2) is 5.39. The number of hydrogen-bond acceptors (Lipinski definition) is 3. The van der Waals surface area contributed by atoms with Crippen LogP contribution in [-0.4, -0.2) is 23.2 Å². The van der Waals surface area contributed by atoms with Crippen molar-refractivity contribution in [3.63, 3.8) is 0 Å². The molecule has 1 amide bonds. The van der Waals surface area contributed by atoms with E-state index in [4.69, 9.17) is 0 Å². The van der Waals surface area contributed by atoms with Gasteiger partial charge in [0.2, 0.25) is 0 Å². The van der Waals surface area contributed by atoms with Crippen molar-refractivity contribution in [2.75, 3.05) is 6.54 Å². The average molecular weight is 220 g/mol. The number of amides is 1. The summed E-state index contributed by atoms with van der Waals surface area (Å²) in [6.45, 7) is 5.46. The van der Waals surface area contributed by atoms with Crippen LogP contribution >= 0.6 is 0 Å². The lowest BCUT2D eigenvalue weighted by Crippen LogP contribution is -2.32. The summed E-state index contributed by atoms with van der Waals surface area (Å²) in [5, 5.41) is 2.59. The first-order valence-electron chi connectivity index (χ1n) is 5.25. The summed E-state index contributed by atoms with van der Waals surface area (Å²) in [4.78, 5) is 27.0. The molecule has 0 unspecified atom stereocenters. The summed E-state index contributed by atoms with van der Waals surface area (Å²) in [5.41, 5.74) is 1.18. The maximum Gasteiger partial charge on any atom is 0.253 e. The highest BCUT2D eigenvalue weighted by Gasteiger charge is 2.12. The third-order valence-electron chi connectivity index (χ3n) is 2.32. The molecule has 0 bridgehead atoms. The van der Waals surface area contributed by atoms with Crippen molar-refractivity contribution in [1.82, 2.24) is 10.3 Å². The van der Waals surface area contributed by atoms with Gasteiger partial charge in [-0.1, -0.05) is 13.8 Å². The number of ketones is 1. The SMILES string of the molecule is Cc1ncccc1C(=O)NCC(=O)C(C)C. The molecular weight excluding hydrogens is 204 g/mol. The Balaban J connectivity index is 2.60. The molecule has 86 valence electrons. The number of nitrogens with zero attached hydrogens (tertiary/aromatic N) is 1. The van der Waals surface area contributed by atoms with Crippen LogP contribution in [0.4, 0.5) is 0 Å². The van der Waals surface area contributed by atoms with Crippen LogP contribution in [0.15, 0.2) is 18.3 Å². The molecule has 16 heavy (non-hydrogen) atoms. The van der Waals surface area contributed by atoms with Gasteiger partial charge in [-0.05, 0) is 19.1 Å². The van der Waals surface area contributed by atoms with Crippen molar-refractivity contribution in [2.24, 2.45) is 5.92 Å². The number of rotatable bonds is 4. The van der Waals surface area contributed by atoms with Crippen LogP contribution in [0.25, 0.3) is 0 Å². The number of aromatic nitrogens is 1. The van der Waals surface area contributed by atoms with Gasteiger partial charge in [-0.2, -0.15) is 0 Å². The van der Waals surface area contributed by atoms with Crippen LogP contribution in [-0.2, 0) is 4.79 Å². The van der Waals surface area contributed by atoms with Gasteiger partial charge in [0, 0.05) is 17.8 Å². The zero-order chi connectivity index (χ0) is 12.1. The summed E-state index contributed by atoms with van der Waals surface area (Å²) >= 11 is 0. The van der Waals surface area contributed by atoms with E-state index < -0.39 is 0 Å². The van der Waals surface area contributed by atoms with Crippen LogP contribution in [0.2, 0.25) is 0 Å². The molecular formula is C12H16N2O2. The molecule has 0 spiro atoms. The van der Waals surface area contributed by atoms with Gasteiger partial charge < -0.3 is 5.32 Å². The van der Waals surface area contributed by atoms with Gasteiger partial charge in [-0.3, -0.25) is 14.6 Å². The molecule has 0 aliphatic rings. The topological polar surface area (TPSA) is 59.1 Å². The van der Waals surface area contributed by atoms with Crippen molar-refractivity contribution in [3.05, 3.63) is 29.6 Å². The minimum Gasteiger partial charge on any atom is -0.345 e. The maximum atomic E-state index is 11.7. The molecule has 1 aromatic heterocycles. The molecule has 1 aromatic rings. The molecule has 0 radical (unpaired) electrons. The summed E-state index contributed by atoms with van der Waals surface area (Å²) in [6, 6.07) is 3.39. The van der Waals surface area contributed by atoms with Crippen molar-refractivity contribution >= 4 is 11.7 Å². The van der Waals surface area contributed by atoms with E-state index in [1.807, 2.05) is 13.8 Å². The van der Waals surface area contributed by atoms with Crippen LogP contribution in [0, 0.1) is 12.8 Å². The largest absolute Gasteiger partial charge is 0.345 e. The predicted octanol–water partition coefficient (Wildman–Crippen LogP) is 1.34. The fraction of sp³-hybridized carbons (Fsp3) is 0.417. The lowest BCUT2D eigenvalue weighted by Gasteiger charge is -2.07. The summed E-state index contributed by atoms with van der Waals surface area (Å²) < 4.78 is 0. The number of Topliss-reactive ketones (excluding diaryl/α,β-unsaturated/α-hetero) is 1. The zero-order valence-electron chi connectivity index (χ0n) is 9.78. The lowest BCUT2D eigenvalue weighted by molar-refractivity contribution is -0.120. The maximum absolute atomic E-state index is 11.7. The van der Waals surface area contributed by atoms with Crippen LogP contribution in [0.3, 0.4) is 0 Å². The van der Waals surface area contributed by atoms with E-state index in [2.05, 4.69) is 10.3 Å². The standard InChI is InChI=1S/C12H16N2O2/c1-8(2)11(15)7-14-12(16)10-5-4-6-13-9(10)3/h4-6,8H,7H2,1-3H3,(H,14,16). The molecule has 1 rings (SSSR count). The van der Waals surface area contributed by atoms with Gasteiger partial charge in [0.1, 0.15) is 0 Å². The highest BCUT2D eigenvalue weighted by atomic mass is 16.2. The van der Waals surface area contributed by atoms with Crippen molar-refractivity contribution in [1.29, 1.82) is 0 Å². The number of hydrogen-bond donors (Lipinski definition) is 1. The van der Waals surface area contributed by atoms with E-state index >= 15 is 0 Å². The zero-order valence-corrected chi connectivity index (χ0v) is 9.78. The molecule has 0 aliphatic heterocycles. The van der Waals surface area contributed by atoms with E-state index in [-0.39, 0.29) is 24.2 Å². The lowest BCUT2D eigenvalue weighted by atomic mass is 10.1. The number of carbonyl (C=O) groups is 2. The van der Waals surface area contributed by atoms with Gasteiger partial charge in [-0.15, -0.1) is 0 Å². The van der Waals surface area contributed by atoms with Crippen molar-refractivity contribution in [3.8, 4) is 0 Å². The van der Waals surface area contributed by atoms with Crippen molar-refractivity contribution in [2.45, 2.75) is 20.8 Å². The molecule has 0 atom stereocenters. The Morgan fingerprint density at radius 1 is 1.44 bits per heavy atom. The van der Waals surface area contributed by atoms with E-state index in [1.165, 1.54) is 0 Å². The van der Waals surface area contributed by atoms with Crippen LogP contribution in [0.5, 0.6) is 0 Å². The van der Waals surface area contributed by atoms with Gasteiger partial charge in [0.05, 0.1) is 12.1 Å². The van der Waals surface area contributed by atoms with Crippen molar-refractivity contribution < 1.29 is 9.59 Å². The minimum atomic E-state index is -0.250.